The highest BCUT2D eigenvalue weighted by Crippen LogP contribution is 2.27. The molecule has 74 valence electrons. The number of hydrogen-bond donors (Lipinski definition) is 1. The quantitative estimate of drug-likeness (QED) is 0.708. The summed E-state index contributed by atoms with van der Waals surface area (Å²) in [7, 11) is 1.61. The first kappa shape index (κ1) is 12.1. The molecule has 0 aliphatic carbocycles. The Morgan fingerprint density at radius 3 is 2.31 bits per heavy atom. The van der Waals surface area contributed by atoms with Crippen molar-refractivity contribution in [1.29, 1.82) is 0 Å². The van der Waals surface area contributed by atoms with Crippen molar-refractivity contribution >= 4 is 17.3 Å². The Labute approximate surface area is 84.7 Å². The molecule has 13 heavy (non-hydrogen) atoms. The van der Waals surface area contributed by atoms with Gasteiger partial charge in [-0.1, -0.05) is 25.4 Å². The van der Waals surface area contributed by atoms with Gasteiger partial charge < -0.3 is 10.5 Å². The Bertz CT molecular complexity index is 274. The number of rotatable bonds is 1. The van der Waals surface area contributed by atoms with E-state index in [1.54, 1.807) is 19.2 Å². The van der Waals surface area contributed by atoms with Crippen molar-refractivity contribution in [2.24, 2.45) is 0 Å². The summed E-state index contributed by atoms with van der Waals surface area (Å²) in [5, 5.41) is 0.573. The largest absolute Gasteiger partial charge is 0.496 e. The Balaban J connectivity index is 0.000000671. The molecule has 2 N–H and O–H groups in total. The number of benzene rings is 1. The Kier molecular flexibility index (Phi) is 5.31. The summed E-state index contributed by atoms with van der Waals surface area (Å²) in [6, 6.07) is 3.51. The van der Waals surface area contributed by atoms with Crippen LogP contribution in [0.3, 0.4) is 0 Å². The van der Waals surface area contributed by atoms with E-state index >= 15 is 0 Å². The summed E-state index contributed by atoms with van der Waals surface area (Å²) in [6.07, 6.45) is 0. The standard InChI is InChI=1S/C8H10ClNO.C2H6/c1-5-3-6(9)7(10)4-8(5)11-2;1-2/h3-4H,10H2,1-2H3;1-2H3. The summed E-state index contributed by atoms with van der Waals surface area (Å²) in [6.45, 7) is 5.92. The molecule has 0 saturated heterocycles. The molecule has 0 amide bonds. The molecule has 0 fully saturated rings. The molecule has 0 radical (unpaired) electrons. The lowest BCUT2D eigenvalue weighted by atomic mass is 10.2. The third-order valence-corrected chi connectivity index (χ3v) is 1.84. The lowest BCUT2D eigenvalue weighted by Gasteiger charge is -2.06. The average molecular weight is 202 g/mol. The second-order valence-electron chi connectivity index (χ2n) is 2.34. The zero-order chi connectivity index (χ0) is 10.4. The molecule has 0 unspecified atom stereocenters. The predicted octanol–water partition coefficient (Wildman–Crippen LogP) is 3.27. The normalized spacial score (nSPS) is 8.69. The summed E-state index contributed by atoms with van der Waals surface area (Å²) in [4.78, 5) is 0. The van der Waals surface area contributed by atoms with Crippen molar-refractivity contribution in [2.45, 2.75) is 20.8 Å². The molecule has 0 aromatic heterocycles. The van der Waals surface area contributed by atoms with Crippen LogP contribution in [-0.4, -0.2) is 7.11 Å². The van der Waals surface area contributed by atoms with Crippen LogP contribution >= 0.6 is 11.6 Å². The molecule has 1 aromatic carbocycles. The van der Waals surface area contributed by atoms with Gasteiger partial charge in [0.15, 0.2) is 0 Å². The molecule has 0 heterocycles. The molecule has 0 bridgehead atoms. The first-order valence-electron chi connectivity index (χ1n) is 4.24. The molecule has 0 saturated carbocycles. The van der Waals surface area contributed by atoms with E-state index in [-0.39, 0.29) is 0 Å². The van der Waals surface area contributed by atoms with Crippen molar-refractivity contribution in [3.05, 3.63) is 22.7 Å². The molecule has 2 nitrogen and oxygen atoms in total. The van der Waals surface area contributed by atoms with Gasteiger partial charge in [-0.25, -0.2) is 0 Å². The molecule has 0 aliphatic heterocycles. The number of anilines is 1. The maximum atomic E-state index is 5.76. The molecule has 0 atom stereocenters. The van der Waals surface area contributed by atoms with Crippen LogP contribution in [0.2, 0.25) is 5.02 Å². The van der Waals surface area contributed by atoms with Gasteiger partial charge in [0.25, 0.3) is 0 Å². The van der Waals surface area contributed by atoms with E-state index in [4.69, 9.17) is 22.1 Å². The maximum Gasteiger partial charge on any atom is 0.123 e. The lowest BCUT2D eigenvalue weighted by Crippen LogP contribution is -1.91. The minimum atomic E-state index is 0.550. The summed E-state index contributed by atoms with van der Waals surface area (Å²) in [5.41, 5.74) is 7.10. The number of methoxy groups -OCH3 is 1. The van der Waals surface area contributed by atoms with Gasteiger partial charge in [-0.15, -0.1) is 0 Å². The minimum Gasteiger partial charge on any atom is -0.496 e. The lowest BCUT2D eigenvalue weighted by molar-refractivity contribution is 0.412. The predicted molar refractivity (Wildman–Crippen MR) is 58.5 cm³/mol. The van der Waals surface area contributed by atoms with Crippen LogP contribution in [-0.2, 0) is 0 Å². The Morgan fingerprint density at radius 1 is 1.31 bits per heavy atom. The third-order valence-electron chi connectivity index (χ3n) is 1.51. The zero-order valence-corrected chi connectivity index (χ0v) is 9.27. The van der Waals surface area contributed by atoms with Gasteiger partial charge in [-0.05, 0) is 18.6 Å². The first-order chi connectivity index (χ1) is 6.15. The highest BCUT2D eigenvalue weighted by Gasteiger charge is 2.01. The van der Waals surface area contributed by atoms with Gasteiger partial charge in [0.2, 0.25) is 0 Å². The molecule has 1 aromatic rings. The number of halogens is 1. The van der Waals surface area contributed by atoms with Crippen LogP contribution in [0, 0.1) is 6.92 Å². The van der Waals surface area contributed by atoms with Gasteiger partial charge in [0.1, 0.15) is 5.75 Å². The van der Waals surface area contributed by atoms with E-state index in [2.05, 4.69) is 0 Å². The van der Waals surface area contributed by atoms with Crippen molar-refractivity contribution in [1.82, 2.24) is 0 Å². The van der Waals surface area contributed by atoms with Gasteiger partial charge in [0.05, 0.1) is 17.8 Å². The van der Waals surface area contributed by atoms with Crippen molar-refractivity contribution in [3.8, 4) is 5.75 Å². The molecule has 0 spiro atoms. The van der Waals surface area contributed by atoms with Gasteiger partial charge in [-0.3, -0.25) is 0 Å². The van der Waals surface area contributed by atoms with E-state index in [0.717, 1.165) is 11.3 Å². The summed E-state index contributed by atoms with van der Waals surface area (Å²) < 4.78 is 5.04. The van der Waals surface area contributed by atoms with Gasteiger partial charge in [0, 0.05) is 6.07 Å². The van der Waals surface area contributed by atoms with Crippen LogP contribution in [0.5, 0.6) is 5.75 Å². The minimum absolute atomic E-state index is 0.550. The number of ether oxygens (including phenoxy) is 1. The highest BCUT2D eigenvalue weighted by atomic mass is 35.5. The van der Waals surface area contributed by atoms with E-state index in [0.29, 0.717) is 10.7 Å². The SMILES string of the molecule is CC.COc1cc(N)c(Cl)cc1C. The molecule has 1 rings (SSSR count). The van der Waals surface area contributed by atoms with Crippen molar-refractivity contribution < 1.29 is 4.74 Å². The third kappa shape index (κ3) is 3.15. The molecule has 3 heteroatoms. The summed E-state index contributed by atoms with van der Waals surface area (Å²) >= 11 is 5.76. The smallest absolute Gasteiger partial charge is 0.123 e. The van der Waals surface area contributed by atoms with E-state index < -0.39 is 0 Å². The highest BCUT2D eigenvalue weighted by molar-refractivity contribution is 6.33. The second kappa shape index (κ2) is 5.70. The van der Waals surface area contributed by atoms with E-state index in [9.17, 15) is 0 Å². The molecule has 0 aliphatic rings. The van der Waals surface area contributed by atoms with Crippen LogP contribution in [0.4, 0.5) is 5.69 Å². The van der Waals surface area contributed by atoms with Crippen LogP contribution in [0.15, 0.2) is 12.1 Å². The number of nitrogen functional groups attached to an aromatic ring is 1. The number of nitrogens with two attached hydrogens (primary N) is 1. The van der Waals surface area contributed by atoms with Crippen LogP contribution in [0.25, 0.3) is 0 Å². The van der Waals surface area contributed by atoms with Crippen molar-refractivity contribution in [2.75, 3.05) is 12.8 Å². The monoisotopic (exact) mass is 201 g/mol. The van der Waals surface area contributed by atoms with Crippen LogP contribution < -0.4 is 10.5 Å². The van der Waals surface area contributed by atoms with Gasteiger partial charge >= 0.3 is 0 Å². The number of hydrogen-bond acceptors (Lipinski definition) is 2. The molecular weight excluding hydrogens is 186 g/mol. The maximum absolute atomic E-state index is 5.76. The Morgan fingerprint density at radius 2 is 1.85 bits per heavy atom. The summed E-state index contributed by atoms with van der Waals surface area (Å²) in [5.74, 6) is 0.770. The zero-order valence-electron chi connectivity index (χ0n) is 8.52. The Hall–Kier alpha value is -0.890. The average Bonchev–Trinajstić information content (AvgIpc) is 2.15. The van der Waals surface area contributed by atoms with Crippen LogP contribution in [0.1, 0.15) is 19.4 Å². The van der Waals surface area contributed by atoms with Gasteiger partial charge in [-0.2, -0.15) is 0 Å². The fourth-order valence-corrected chi connectivity index (χ4v) is 1.11. The topological polar surface area (TPSA) is 35.2 Å². The van der Waals surface area contributed by atoms with Crippen molar-refractivity contribution in [3.63, 3.8) is 0 Å². The second-order valence-corrected chi connectivity index (χ2v) is 2.75. The van der Waals surface area contributed by atoms with E-state index in [1.165, 1.54) is 0 Å². The first-order valence-corrected chi connectivity index (χ1v) is 4.62. The fraction of sp³-hybridized carbons (Fsp3) is 0.400. The molecular formula is C10H16ClNO. The fourth-order valence-electron chi connectivity index (χ4n) is 0.888. The number of aryl methyl sites for hydroxylation is 1. The van der Waals surface area contributed by atoms with E-state index in [1.807, 2.05) is 20.8 Å².